The van der Waals surface area contributed by atoms with Crippen molar-refractivity contribution < 1.29 is 33.4 Å². The summed E-state index contributed by atoms with van der Waals surface area (Å²) in [7, 11) is 3.01. The Kier molecular flexibility index (Phi) is 15.7. The zero-order chi connectivity index (χ0) is 37.7. The second-order valence-electron chi connectivity index (χ2n) is 13.1. The van der Waals surface area contributed by atoms with Crippen LogP contribution < -0.4 is 10.6 Å². The molecule has 0 saturated heterocycles. The fraction of sp³-hybridized carbons (Fsp3) is 0.514. The van der Waals surface area contributed by atoms with E-state index in [4.69, 9.17) is 9.47 Å². The van der Waals surface area contributed by atoms with Crippen molar-refractivity contribution in [3.05, 3.63) is 76.3 Å². The number of methoxy groups -OCH3 is 1. The topological polar surface area (TPSA) is 170 Å². The maximum absolute atomic E-state index is 14.0. The Hall–Kier alpha value is -4.72. The molecule has 2 N–H and O–H groups in total. The van der Waals surface area contributed by atoms with Crippen molar-refractivity contribution in [1.29, 1.82) is 0 Å². The van der Waals surface area contributed by atoms with Gasteiger partial charge in [-0.2, -0.15) is 0 Å². The molecule has 0 radical (unpaired) electrons. The molecule has 3 aromatic rings. The Morgan fingerprint density at radius 1 is 0.941 bits per heavy atom. The minimum Gasteiger partial charge on any atom is -0.469 e. The number of benzene rings is 1. The van der Waals surface area contributed by atoms with E-state index in [9.17, 15) is 24.0 Å². The number of nitrogens with zero attached hydrogens (tertiary/aromatic N) is 4. The number of thiazole rings is 1. The van der Waals surface area contributed by atoms with Gasteiger partial charge in [-0.15, -0.1) is 11.3 Å². The Morgan fingerprint density at radius 2 is 1.63 bits per heavy atom. The second kappa shape index (κ2) is 19.6. The zero-order valence-corrected chi connectivity index (χ0v) is 31.4. The lowest BCUT2D eigenvalue weighted by atomic mass is 9.93. The molecule has 3 amide bonds. The number of hydrogen-bond acceptors (Lipinski definition) is 11. The van der Waals surface area contributed by atoms with E-state index < -0.39 is 41.9 Å². The summed E-state index contributed by atoms with van der Waals surface area (Å²) >= 11 is 1.18. The van der Waals surface area contributed by atoms with Gasteiger partial charge in [-0.3, -0.25) is 29.0 Å². The molecule has 0 spiro atoms. The van der Waals surface area contributed by atoms with Gasteiger partial charge in [0.25, 0.3) is 11.8 Å². The van der Waals surface area contributed by atoms with Crippen LogP contribution in [0.5, 0.6) is 0 Å². The van der Waals surface area contributed by atoms with E-state index in [0.29, 0.717) is 24.3 Å². The van der Waals surface area contributed by atoms with Crippen LogP contribution in [0, 0.1) is 17.8 Å². The minimum absolute atomic E-state index is 0.0800. The van der Waals surface area contributed by atoms with Gasteiger partial charge in [-0.05, 0) is 30.2 Å². The number of carbonyl (C=O) groups is 5. The first-order chi connectivity index (χ1) is 24.2. The van der Waals surface area contributed by atoms with E-state index in [1.54, 1.807) is 24.3 Å². The van der Waals surface area contributed by atoms with Gasteiger partial charge < -0.3 is 25.0 Å². The van der Waals surface area contributed by atoms with Crippen LogP contribution in [0.1, 0.15) is 98.5 Å². The standard InChI is InChI=1S/C37H50N6O7S/c1-9-23(4)32(42-33(45)28-20-38-15-16-39-28)36(47)43(7)30(22(2)3)19-31(50-25(6)44)35-41-29(21-51-35)34(46)40-27(17-24(5)37(48)49-8)18-26-13-11-10-12-14-26/h10-16,20-24,27,30-32H,9,17-19H2,1-8H3,(H,40,46)(H,42,45)/t23-,24-,27+,30+,31+,32-/m0/s1. The number of aromatic nitrogens is 3. The number of hydrogen-bond donors (Lipinski definition) is 2. The molecular formula is C37H50N6O7S. The summed E-state index contributed by atoms with van der Waals surface area (Å²) in [5.74, 6) is -2.86. The van der Waals surface area contributed by atoms with Gasteiger partial charge >= 0.3 is 11.9 Å². The molecule has 0 aliphatic rings. The maximum atomic E-state index is 14.0. The van der Waals surface area contributed by atoms with Crippen molar-refractivity contribution in [3.63, 3.8) is 0 Å². The van der Waals surface area contributed by atoms with Crippen LogP contribution in [0.15, 0.2) is 54.3 Å². The molecule has 6 atom stereocenters. The van der Waals surface area contributed by atoms with Gasteiger partial charge in [0.05, 0.1) is 19.2 Å². The van der Waals surface area contributed by atoms with Crippen LogP contribution in [0.25, 0.3) is 0 Å². The molecule has 0 aliphatic carbocycles. The summed E-state index contributed by atoms with van der Waals surface area (Å²) in [4.78, 5) is 79.3. The van der Waals surface area contributed by atoms with Crippen LogP contribution in [-0.2, 0) is 30.3 Å². The van der Waals surface area contributed by atoms with Crippen LogP contribution in [-0.4, -0.2) is 81.8 Å². The summed E-state index contributed by atoms with van der Waals surface area (Å²) in [5, 5.41) is 7.88. The van der Waals surface area contributed by atoms with Crippen LogP contribution in [0.3, 0.4) is 0 Å². The Labute approximate surface area is 303 Å². The second-order valence-corrected chi connectivity index (χ2v) is 14.0. The number of amides is 3. The molecule has 3 rings (SSSR count). The molecule has 51 heavy (non-hydrogen) atoms. The fourth-order valence-corrected chi connectivity index (χ4v) is 6.65. The highest BCUT2D eigenvalue weighted by atomic mass is 32.1. The third-order valence-electron chi connectivity index (χ3n) is 8.87. The van der Waals surface area contributed by atoms with E-state index in [2.05, 4.69) is 25.6 Å². The highest BCUT2D eigenvalue weighted by Gasteiger charge is 2.36. The lowest BCUT2D eigenvalue weighted by Crippen LogP contribution is -2.54. The smallest absolute Gasteiger partial charge is 0.308 e. The first kappa shape index (κ1) is 40.7. The van der Waals surface area contributed by atoms with Crippen molar-refractivity contribution in [2.45, 2.75) is 91.5 Å². The monoisotopic (exact) mass is 722 g/mol. The van der Waals surface area contributed by atoms with Crippen LogP contribution in [0.2, 0.25) is 0 Å². The predicted octanol–water partition coefficient (Wildman–Crippen LogP) is 4.80. The third-order valence-corrected chi connectivity index (χ3v) is 9.81. The highest BCUT2D eigenvalue weighted by Crippen LogP contribution is 2.31. The summed E-state index contributed by atoms with van der Waals surface area (Å²) in [5.41, 5.74) is 1.24. The number of ether oxygens (including phenoxy) is 2. The number of likely N-dealkylation sites (N-methyl/N-ethyl adjacent to an activating group) is 1. The molecule has 0 saturated carbocycles. The van der Waals surface area contributed by atoms with E-state index in [1.165, 1.54) is 44.0 Å². The summed E-state index contributed by atoms with van der Waals surface area (Å²) in [6.07, 6.45) is 5.04. The molecule has 2 heterocycles. The molecular weight excluding hydrogens is 673 g/mol. The van der Waals surface area contributed by atoms with Crippen molar-refractivity contribution in [1.82, 2.24) is 30.5 Å². The van der Waals surface area contributed by atoms with Gasteiger partial charge in [0, 0.05) is 50.2 Å². The third kappa shape index (κ3) is 11.9. The van der Waals surface area contributed by atoms with Crippen molar-refractivity contribution in [2.24, 2.45) is 17.8 Å². The summed E-state index contributed by atoms with van der Waals surface area (Å²) < 4.78 is 10.7. The number of rotatable bonds is 18. The fourth-order valence-electron chi connectivity index (χ4n) is 5.81. The SMILES string of the molecule is CC[C@H](C)[C@H](NC(=O)c1cnccn1)C(=O)N(C)[C@H](C[C@@H](OC(C)=O)c1nc(C(=O)N[C@@H](Cc2ccccc2)C[C@H](C)C(=O)OC)cs1)C(C)C. The number of carbonyl (C=O) groups excluding carboxylic acids is 5. The number of nitrogens with one attached hydrogen (secondary N) is 2. The van der Waals surface area contributed by atoms with Crippen molar-refractivity contribution in [2.75, 3.05) is 14.2 Å². The molecule has 0 bridgehead atoms. The van der Waals surface area contributed by atoms with Crippen molar-refractivity contribution >= 4 is 41.0 Å². The normalized spacial score (nSPS) is 14.7. The lowest BCUT2D eigenvalue weighted by molar-refractivity contribution is -0.149. The molecule has 276 valence electrons. The molecule has 13 nitrogen and oxygen atoms in total. The lowest BCUT2D eigenvalue weighted by Gasteiger charge is -2.36. The van der Waals surface area contributed by atoms with E-state index >= 15 is 0 Å². The average molecular weight is 723 g/mol. The Bertz CT molecular complexity index is 1600. The average Bonchev–Trinajstić information content (AvgIpc) is 3.62. The molecule has 2 aromatic heterocycles. The molecule has 0 aliphatic heterocycles. The first-order valence-corrected chi connectivity index (χ1v) is 18.0. The van der Waals surface area contributed by atoms with Gasteiger partial charge in [0.1, 0.15) is 22.4 Å². The van der Waals surface area contributed by atoms with E-state index in [-0.39, 0.29) is 47.6 Å². The summed E-state index contributed by atoms with van der Waals surface area (Å²) in [6.45, 7) is 10.8. The van der Waals surface area contributed by atoms with E-state index in [0.717, 1.165) is 5.56 Å². The highest BCUT2D eigenvalue weighted by molar-refractivity contribution is 7.09. The summed E-state index contributed by atoms with van der Waals surface area (Å²) in [6, 6.07) is 7.98. The van der Waals surface area contributed by atoms with Crippen LogP contribution in [0.4, 0.5) is 0 Å². The predicted molar refractivity (Wildman–Crippen MR) is 193 cm³/mol. The maximum Gasteiger partial charge on any atom is 0.308 e. The van der Waals surface area contributed by atoms with Gasteiger partial charge in [-0.1, -0.05) is 71.4 Å². The Balaban J connectivity index is 1.82. The molecule has 0 fully saturated rings. The van der Waals surface area contributed by atoms with Gasteiger partial charge in [0.2, 0.25) is 5.91 Å². The quantitative estimate of drug-likeness (QED) is 0.174. The van der Waals surface area contributed by atoms with Crippen molar-refractivity contribution in [3.8, 4) is 0 Å². The first-order valence-electron chi connectivity index (χ1n) is 17.1. The molecule has 1 aromatic carbocycles. The van der Waals surface area contributed by atoms with Gasteiger partial charge in [-0.25, -0.2) is 9.97 Å². The Morgan fingerprint density at radius 3 is 2.22 bits per heavy atom. The van der Waals surface area contributed by atoms with Crippen LogP contribution >= 0.6 is 11.3 Å². The van der Waals surface area contributed by atoms with Gasteiger partial charge in [0.15, 0.2) is 6.10 Å². The number of esters is 2. The minimum atomic E-state index is -0.854. The zero-order valence-electron chi connectivity index (χ0n) is 30.6. The largest absolute Gasteiger partial charge is 0.469 e. The molecule has 0 unspecified atom stereocenters. The van der Waals surface area contributed by atoms with E-state index in [1.807, 2.05) is 58.0 Å². The molecule has 14 heteroatoms.